The van der Waals surface area contributed by atoms with Gasteiger partial charge in [-0.05, 0) is 6.92 Å². The normalized spacial score (nSPS) is 26.4. The molecule has 100 valence electrons. The number of amides is 1. The molecule has 1 amide bonds. The Labute approximate surface area is 101 Å². The summed E-state index contributed by atoms with van der Waals surface area (Å²) in [7, 11) is -1.50. The van der Waals surface area contributed by atoms with Gasteiger partial charge in [-0.25, -0.2) is 14.3 Å². The Bertz CT molecular complexity index is 370. The van der Waals surface area contributed by atoms with Crippen LogP contribution in [0.15, 0.2) is 0 Å². The molecular weight excluding hydrogens is 246 g/mol. The van der Waals surface area contributed by atoms with E-state index in [1.165, 1.54) is 7.11 Å². The van der Waals surface area contributed by atoms with Crippen LogP contribution in [0.2, 0.25) is 0 Å². The van der Waals surface area contributed by atoms with Gasteiger partial charge in [-0.2, -0.15) is 0 Å². The van der Waals surface area contributed by atoms with Gasteiger partial charge in [-0.15, -0.1) is 0 Å². The molecule has 0 aromatic heterocycles. The summed E-state index contributed by atoms with van der Waals surface area (Å²) in [4.78, 5) is 13.4. The Morgan fingerprint density at radius 3 is 2.76 bits per heavy atom. The zero-order chi connectivity index (χ0) is 13.1. The molecule has 1 heterocycles. The number of hydrazine groups is 1. The molecule has 0 saturated carbocycles. The lowest BCUT2D eigenvalue weighted by atomic mass is 10.2. The minimum Gasteiger partial charge on any atom is -0.383 e. The number of nitrogens with zero attached hydrogens (tertiary/aromatic N) is 1. The quantitative estimate of drug-likeness (QED) is 0.350. The third-order valence-electron chi connectivity index (χ3n) is 2.89. The fourth-order valence-corrected chi connectivity index (χ4v) is 3.63. The number of rotatable bonds is 4. The van der Waals surface area contributed by atoms with E-state index in [2.05, 4.69) is 5.43 Å². The van der Waals surface area contributed by atoms with E-state index in [4.69, 9.17) is 10.6 Å². The first-order valence-electron chi connectivity index (χ1n) is 5.37. The van der Waals surface area contributed by atoms with Gasteiger partial charge in [0.05, 0.1) is 18.1 Å². The molecule has 0 aromatic carbocycles. The first-order valence-corrected chi connectivity index (χ1v) is 7.19. The second-order valence-corrected chi connectivity index (χ2v) is 6.41. The number of methoxy groups -OCH3 is 1. The van der Waals surface area contributed by atoms with Crippen LogP contribution in [0.3, 0.4) is 0 Å². The van der Waals surface area contributed by atoms with Gasteiger partial charge in [0, 0.05) is 19.7 Å². The predicted octanol–water partition coefficient (Wildman–Crippen LogP) is -1.89. The van der Waals surface area contributed by atoms with Gasteiger partial charge >= 0.3 is 0 Å². The van der Waals surface area contributed by atoms with Gasteiger partial charge < -0.3 is 4.74 Å². The zero-order valence-corrected chi connectivity index (χ0v) is 10.9. The molecule has 1 saturated heterocycles. The van der Waals surface area contributed by atoms with Crippen LogP contribution in [0.5, 0.6) is 0 Å². The highest BCUT2D eigenvalue weighted by molar-refractivity contribution is 7.91. The summed E-state index contributed by atoms with van der Waals surface area (Å²) >= 11 is 0. The molecule has 0 bridgehead atoms. The Hall–Kier alpha value is -0.700. The van der Waals surface area contributed by atoms with Crippen molar-refractivity contribution in [2.24, 2.45) is 5.84 Å². The van der Waals surface area contributed by atoms with E-state index in [1.54, 1.807) is 6.92 Å². The number of nitrogens with one attached hydrogen (secondary N) is 1. The first-order chi connectivity index (χ1) is 7.91. The van der Waals surface area contributed by atoms with Crippen molar-refractivity contribution in [1.29, 1.82) is 0 Å². The van der Waals surface area contributed by atoms with Crippen LogP contribution in [-0.2, 0) is 19.4 Å². The standard InChI is InChI=1S/C9H19N3O4S/c1-7-6-17(14,15)4-3-12(7)8(5-16-2)9(13)11-10/h7-8H,3-6,10H2,1-2H3,(H,11,13). The number of hydrogen-bond donors (Lipinski definition) is 2. The molecule has 0 aromatic rings. The summed E-state index contributed by atoms with van der Waals surface area (Å²) in [5.74, 6) is 4.87. The van der Waals surface area contributed by atoms with Crippen LogP contribution in [0.4, 0.5) is 0 Å². The summed E-state index contributed by atoms with van der Waals surface area (Å²) in [6, 6.07) is -0.762. The lowest BCUT2D eigenvalue weighted by molar-refractivity contribution is -0.129. The van der Waals surface area contributed by atoms with Crippen molar-refractivity contribution in [3.8, 4) is 0 Å². The predicted molar refractivity (Wildman–Crippen MR) is 62.8 cm³/mol. The molecule has 1 aliphatic heterocycles. The third kappa shape index (κ3) is 3.63. The van der Waals surface area contributed by atoms with Crippen LogP contribution in [0, 0.1) is 0 Å². The first kappa shape index (κ1) is 14.4. The molecule has 1 rings (SSSR count). The largest absolute Gasteiger partial charge is 0.383 e. The molecule has 2 unspecified atom stereocenters. The van der Waals surface area contributed by atoms with Crippen LogP contribution in [0.1, 0.15) is 6.92 Å². The Balaban J connectivity index is 2.78. The smallest absolute Gasteiger partial charge is 0.253 e. The molecule has 7 nitrogen and oxygen atoms in total. The Kier molecular flexibility index (Phi) is 4.87. The van der Waals surface area contributed by atoms with E-state index >= 15 is 0 Å². The van der Waals surface area contributed by atoms with E-state index in [0.717, 1.165) is 0 Å². The molecule has 0 spiro atoms. The van der Waals surface area contributed by atoms with Crippen LogP contribution < -0.4 is 11.3 Å². The second kappa shape index (κ2) is 5.76. The molecule has 17 heavy (non-hydrogen) atoms. The van der Waals surface area contributed by atoms with Crippen molar-refractivity contribution in [2.75, 3.05) is 31.8 Å². The van der Waals surface area contributed by atoms with E-state index in [1.807, 2.05) is 4.90 Å². The van der Waals surface area contributed by atoms with E-state index < -0.39 is 15.9 Å². The molecule has 1 fully saturated rings. The summed E-state index contributed by atoms with van der Waals surface area (Å²) in [5.41, 5.74) is 2.08. The Morgan fingerprint density at radius 2 is 2.29 bits per heavy atom. The topological polar surface area (TPSA) is 102 Å². The van der Waals surface area contributed by atoms with Crippen molar-refractivity contribution in [3.63, 3.8) is 0 Å². The highest BCUT2D eigenvalue weighted by Gasteiger charge is 2.35. The summed E-state index contributed by atoms with van der Waals surface area (Å²) < 4.78 is 27.9. The number of hydrogen-bond acceptors (Lipinski definition) is 6. The van der Waals surface area contributed by atoms with Gasteiger partial charge in [0.1, 0.15) is 6.04 Å². The average Bonchev–Trinajstić information content (AvgIpc) is 2.25. The number of carbonyl (C=O) groups excluding carboxylic acids is 1. The van der Waals surface area contributed by atoms with Crippen molar-refractivity contribution < 1.29 is 17.9 Å². The van der Waals surface area contributed by atoms with Gasteiger partial charge in [-0.3, -0.25) is 15.1 Å². The molecule has 2 atom stereocenters. The maximum Gasteiger partial charge on any atom is 0.253 e. The number of carbonyl (C=O) groups is 1. The lowest BCUT2D eigenvalue weighted by Crippen LogP contribution is -2.58. The van der Waals surface area contributed by atoms with E-state index in [9.17, 15) is 13.2 Å². The summed E-state index contributed by atoms with van der Waals surface area (Å²) in [6.07, 6.45) is 0. The molecule has 3 N–H and O–H groups in total. The minimum atomic E-state index is -2.99. The maximum atomic E-state index is 11.6. The van der Waals surface area contributed by atoms with Crippen molar-refractivity contribution >= 4 is 15.7 Å². The van der Waals surface area contributed by atoms with Gasteiger partial charge in [0.15, 0.2) is 9.84 Å². The highest BCUT2D eigenvalue weighted by atomic mass is 32.2. The second-order valence-electron chi connectivity index (χ2n) is 4.18. The van der Waals surface area contributed by atoms with Gasteiger partial charge in [-0.1, -0.05) is 0 Å². The number of sulfone groups is 1. The monoisotopic (exact) mass is 265 g/mol. The fourth-order valence-electron chi connectivity index (χ4n) is 2.05. The SMILES string of the molecule is COCC(C(=O)NN)N1CCS(=O)(=O)CC1C. The summed E-state index contributed by atoms with van der Waals surface area (Å²) in [5, 5.41) is 0. The Morgan fingerprint density at radius 1 is 1.65 bits per heavy atom. The van der Waals surface area contributed by atoms with E-state index in [0.29, 0.717) is 6.54 Å². The van der Waals surface area contributed by atoms with Gasteiger partial charge in [0.25, 0.3) is 5.91 Å². The van der Waals surface area contributed by atoms with E-state index in [-0.39, 0.29) is 30.1 Å². The van der Waals surface area contributed by atoms with Crippen molar-refractivity contribution in [3.05, 3.63) is 0 Å². The van der Waals surface area contributed by atoms with Crippen LogP contribution in [0.25, 0.3) is 0 Å². The molecule has 0 aliphatic carbocycles. The lowest BCUT2D eigenvalue weighted by Gasteiger charge is -2.37. The zero-order valence-electron chi connectivity index (χ0n) is 10.0. The molecule has 0 radical (unpaired) electrons. The fraction of sp³-hybridized carbons (Fsp3) is 0.889. The minimum absolute atomic E-state index is 0.0606. The molecule has 1 aliphatic rings. The van der Waals surface area contributed by atoms with Crippen LogP contribution >= 0.6 is 0 Å². The average molecular weight is 265 g/mol. The summed E-state index contributed by atoms with van der Waals surface area (Å²) in [6.45, 7) is 2.29. The highest BCUT2D eigenvalue weighted by Crippen LogP contribution is 2.15. The van der Waals surface area contributed by atoms with Crippen molar-refractivity contribution in [1.82, 2.24) is 10.3 Å². The third-order valence-corrected chi connectivity index (χ3v) is 4.69. The van der Waals surface area contributed by atoms with Crippen LogP contribution in [-0.4, -0.2) is 63.1 Å². The van der Waals surface area contributed by atoms with Gasteiger partial charge in [0.2, 0.25) is 0 Å². The molecular formula is C9H19N3O4S. The number of nitrogens with two attached hydrogens (primary N) is 1. The van der Waals surface area contributed by atoms with Crippen molar-refractivity contribution in [2.45, 2.75) is 19.0 Å². The number of ether oxygens (including phenoxy) is 1. The maximum absolute atomic E-state index is 11.6. The molecule has 8 heteroatoms.